The molecule has 2 rings (SSSR count). The molecule has 1 unspecified atom stereocenters. The average molecular weight is 516 g/mol. The van der Waals surface area contributed by atoms with Crippen molar-refractivity contribution in [2.45, 2.75) is 103 Å². The number of hydrogen-bond donors (Lipinski definition) is 4. The summed E-state index contributed by atoms with van der Waals surface area (Å²) in [5, 5.41) is 19.3. The number of carbonyl (C=O) groups is 4. The maximum absolute atomic E-state index is 13.1. The second kappa shape index (κ2) is 10.3. The Hall–Kier alpha value is -2.84. The van der Waals surface area contributed by atoms with Crippen LogP contribution < -0.4 is 21.3 Å². The quantitative estimate of drug-likeness (QED) is 0.392. The highest BCUT2D eigenvalue weighted by molar-refractivity contribution is 5.93. The molecule has 2 aliphatic rings. The van der Waals surface area contributed by atoms with Crippen molar-refractivity contribution in [1.29, 1.82) is 5.26 Å². The first-order valence-electron chi connectivity index (χ1n) is 12.0. The van der Waals surface area contributed by atoms with Crippen molar-refractivity contribution >= 4 is 23.6 Å². The summed E-state index contributed by atoms with van der Waals surface area (Å²) in [4.78, 5) is 49.9. The molecule has 4 N–H and O–H groups in total. The predicted octanol–water partition coefficient (Wildman–Crippen LogP) is 2.07. The fraction of sp³-hybridized carbons (Fsp3) is 0.792. The van der Waals surface area contributed by atoms with Crippen LogP contribution in [0.4, 0.5) is 13.2 Å². The van der Waals surface area contributed by atoms with Gasteiger partial charge in [0, 0.05) is 11.5 Å². The van der Waals surface area contributed by atoms with Crippen molar-refractivity contribution in [1.82, 2.24) is 21.3 Å². The van der Waals surface area contributed by atoms with E-state index >= 15 is 0 Å². The number of nitrogens with one attached hydrogen (secondary N) is 4. The van der Waals surface area contributed by atoms with Crippen LogP contribution in [0.5, 0.6) is 0 Å². The number of halogens is 3. The lowest BCUT2D eigenvalue weighted by Crippen LogP contribution is -2.60. The van der Waals surface area contributed by atoms with Crippen LogP contribution in [0.25, 0.3) is 0 Å². The van der Waals surface area contributed by atoms with Crippen molar-refractivity contribution in [3.8, 4) is 6.07 Å². The Labute approximate surface area is 209 Å². The van der Waals surface area contributed by atoms with Gasteiger partial charge in [-0.1, -0.05) is 41.5 Å². The second-order valence-electron chi connectivity index (χ2n) is 12.2. The lowest BCUT2D eigenvalue weighted by Gasteiger charge is -2.33. The molecule has 1 aliphatic carbocycles. The molecular formula is C24H36F3N5O4. The Bertz CT molecular complexity index is 926. The van der Waals surface area contributed by atoms with E-state index in [-0.39, 0.29) is 24.3 Å². The van der Waals surface area contributed by atoms with Gasteiger partial charge in [0.25, 0.3) is 0 Å². The third-order valence-electron chi connectivity index (χ3n) is 6.35. The van der Waals surface area contributed by atoms with Gasteiger partial charge in [0.15, 0.2) is 0 Å². The van der Waals surface area contributed by atoms with Gasteiger partial charge in [0.2, 0.25) is 17.7 Å². The minimum absolute atomic E-state index is 0.109. The first kappa shape index (κ1) is 29.4. The molecule has 0 aromatic carbocycles. The zero-order chi connectivity index (χ0) is 27.7. The number of nitrogens with zero attached hydrogens (tertiary/aromatic N) is 1. The molecule has 1 aliphatic heterocycles. The van der Waals surface area contributed by atoms with Gasteiger partial charge in [-0.05, 0) is 42.9 Å². The second-order valence-corrected chi connectivity index (χ2v) is 12.2. The molecule has 4 amide bonds. The molecule has 0 aromatic rings. The number of carbonyl (C=O) groups excluding carboxylic acids is 4. The highest BCUT2D eigenvalue weighted by Gasteiger charge is 2.52. The summed E-state index contributed by atoms with van der Waals surface area (Å²) in [7, 11) is 0. The van der Waals surface area contributed by atoms with Crippen LogP contribution in [0, 0.1) is 28.1 Å². The standard InChI is InChI=1S/C24H36F3N5O4/c1-21(2,3)11-15(30-19(35)16(22(4,5)6)31-20(36)24(25,26)27)18(34)29-14(12-28)9-13-10-23(7-8-23)32-17(13)33/h13-16H,7-11H2,1-6H3,(H,29,34)(H,30,35)(H,31,36)(H,32,33)/t13-,14?,15+,16-/m1/s1. The SMILES string of the molecule is CC(C)(C)C[C@H](NC(=O)[C@@H](NC(=O)C(F)(F)F)C(C)(C)C)C(=O)NC(C#N)C[C@@H]1CC2(CC2)NC1=O. The van der Waals surface area contributed by atoms with E-state index in [1.807, 2.05) is 26.8 Å². The van der Waals surface area contributed by atoms with Gasteiger partial charge >= 0.3 is 12.1 Å². The molecule has 1 spiro atoms. The van der Waals surface area contributed by atoms with Crippen LogP contribution in [0.3, 0.4) is 0 Å². The van der Waals surface area contributed by atoms with Crippen molar-refractivity contribution in [3.63, 3.8) is 0 Å². The van der Waals surface area contributed by atoms with E-state index in [4.69, 9.17) is 0 Å². The number of amides is 4. The minimum atomic E-state index is -5.18. The van der Waals surface area contributed by atoms with E-state index in [1.165, 1.54) is 20.8 Å². The Morgan fingerprint density at radius 2 is 1.64 bits per heavy atom. The molecule has 0 radical (unpaired) electrons. The number of alkyl halides is 3. The summed E-state index contributed by atoms with van der Waals surface area (Å²) in [5.41, 5.74) is -1.76. The molecule has 202 valence electrons. The molecule has 12 heteroatoms. The largest absolute Gasteiger partial charge is 0.471 e. The average Bonchev–Trinajstić information content (AvgIpc) is 3.37. The molecule has 0 bridgehead atoms. The monoisotopic (exact) mass is 515 g/mol. The van der Waals surface area contributed by atoms with Gasteiger partial charge in [-0.25, -0.2) is 0 Å². The Kier molecular flexibility index (Phi) is 8.38. The summed E-state index contributed by atoms with van der Waals surface area (Å²) < 4.78 is 38.5. The summed E-state index contributed by atoms with van der Waals surface area (Å²) in [6, 6.07) is -1.78. The maximum Gasteiger partial charge on any atom is 0.471 e. The highest BCUT2D eigenvalue weighted by atomic mass is 19.4. The van der Waals surface area contributed by atoms with Crippen LogP contribution in [-0.4, -0.2) is 53.5 Å². The Morgan fingerprint density at radius 1 is 1.06 bits per heavy atom. The highest BCUT2D eigenvalue weighted by Crippen LogP contribution is 2.46. The third kappa shape index (κ3) is 8.10. The Balaban J connectivity index is 2.14. The van der Waals surface area contributed by atoms with E-state index in [2.05, 4.69) is 16.0 Å². The van der Waals surface area contributed by atoms with Crippen molar-refractivity contribution in [3.05, 3.63) is 0 Å². The summed E-state index contributed by atoms with van der Waals surface area (Å²) >= 11 is 0. The number of nitriles is 1. The third-order valence-corrected chi connectivity index (χ3v) is 6.35. The topological polar surface area (TPSA) is 140 Å². The molecule has 4 atom stereocenters. The van der Waals surface area contributed by atoms with Crippen LogP contribution in [0.2, 0.25) is 0 Å². The maximum atomic E-state index is 13.1. The van der Waals surface area contributed by atoms with E-state index < -0.39 is 58.8 Å². The lowest BCUT2D eigenvalue weighted by molar-refractivity contribution is -0.175. The fourth-order valence-electron chi connectivity index (χ4n) is 4.31. The minimum Gasteiger partial charge on any atom is -0.350 e. The molecular weight excluding hydrogens is 479 g/mol. The normalized spacial score (nSPS) is 21.6. The fourth-order valence-corrected chi connectivity index (χ4v) is 4.31. The van der Waals surface area contributed by atoms with Crippen LogP contribution in [0.1, 0.15) is 73.6 Å². The van der Waals surface area contributed by atoms with Gasteiger partial charge in [0.1, 0.15) is 18.1 Å². The van der Waals surface area contributed by atoms with Gasteiger partial charge in [-0.2, -0.15) is 18.4 Å². The first-order chi connectivity index (χ1) is 16.3. The zero-order valence-corrected chi connectivity index (χ0v) is 21.6. The zero-order valence-electron chi connectivity index (χ0n) is 21.6. The predicted molar refractivity (Wildman–Crippen MR) is 124 cm³/mol. The molecule has 2 fully saturated rings. The molecule has 9 nitrogen and oxygen atoms in total. The van der Waals surface area contributed by atoms with Crippen LogP contribution >= 0.6 is 0 Å². The summed E-state index contributed by atoms with van der Waals surface area (Å²) in [6.45, 7) is 9.89. The van der Waals surface area contributed by atoms with Crippen LogP contribution in [-0.2, 0) is 19.2 Å². The summed E-state index contributed by atoms with van der Waals surface area (Å²) in [6.07, 6.45) is -2.60. The van der Waals surface area contributed by atoms with Gasteiger partial charge in [0.05, 0.1) is 6.07 Å². The Morgan fingerprint density at radius 3 is 2.06 bits per heavy atom. The molecule has 1 saturated carbocycles. The van der Waals surface area contributed by atoms with Gasteiger partial charge < -0.3 is 21.3 Å². The molecule has 1 heterocycles. The molecule has 1 saturated heterocycles. The molecule has 36 heavy (non-hydrogen) atoms. The van der Waals surface area contributed by atoms with Crippen molar-refractivity contribution in [2.75, 3.05) is 0 Å². The van der Waals surface area contributed by atoms with E-state index in [0.717, 1.165) is 12.8 Å². The number of hydrogen-bond acceptors (Lipinski definition) is 5. The van der Waals surface area contributed by atoms with Crippen molar-refractivity contribution < 1.29 is 32.3 Å². The summed E-state index contributed by atoms with van der Waals surface area (Å²) in [5.74, 6) is -4.49. The van der Waals surface area contributed by atoms with Gasteiger partial charge in [-0.3, -0.25) is 19.2 Å². The van der Waals surface area contributed by atoms with Crippen LogP contribution in [0.15, 0.2) is 0 Å². The van der Waals surface area contributed by atoms with E-state index in [1.54, 1.807) is 5.32 Å². The lowest BCUT2D eigenvalue weighted by atomic mass is 9.84. The van der Waals surface area contributed by atoms with E-state index in [0.29, 0.717) is 6.42 Å². The first-order valence-corrected chi connectivity index (χ1v) is 12.0. The number of rotatable bonds is 8. The molecule has 0 aromatic heterocycles. The van der Waals surface area contributed by atoms with E-state index in [9.17, 15) is 37.6 Å². The van der Waals surface area contributed by atoms with Crippen molar-refractivity contribution in [2.24, 2.45) is 16.7 Å². The van der Waals surface area contributed by atoms with Gasteiger partial charge in [-0.15, -0.1) is 0 Å². The smallest absolute Gasteiger partial charge is 0.350 e.